The number of rotatable bonds is 6. The summed E-state index contributed by atoms with van der Waals surface area (Å²) in [5.74, 6) is -0.446. The van der Waals surface area contributed by atoms with Gasteiger partial charge in [-0.15, -0.1) is 0 Å². The van der Waals surface area contributed by atoms with Crippen LogP contribution in [-0.4, -0.2) is 27.0 Å². The highest BCUT2D eigenvalue weighted by Crippen LogP contribution is 2.36. The molecule has 0 spiro atoms. The monoisotopic (exact) mass is 311 g/mol. The maximum absolute atomic E-state index is 12.8. The number of hydrogen-bond donors (Lipinski definition) is 1. The lowest BCUT2D eigenvalue weighted by Crippen LogP contribution is -2.12. The van der Waals surface area contributed by atoms with E-state index in [1.54, 1.807) is 0 Å². The van der Waals surface area contributed by atoms with Crippen LogP contribution in [0.15, 0.2) is 18.2 Å². The van der Waals surface area contributed by atoms with Crippen LogP contribution in [0.5, 0.6) is 5.75 Å². The Morgan fingerprint density at radius 2 is 1.95 bits per heavy atom. The van der Waals surface area contributed by atoms with E-state index in [4.69, 9.17) is 10.5 Å². The molecule has 0 aliphatic rings. The minimum Gasteiger partial charge on any atom is -0.493 e. The molecule has 2 N–H and O–H groups in total. The average Bonchev–Trinajstić information content (AvgIpc) is 2.32. The first-order valence-corrected chi connectivity index (χ1v) is 7.90. The van der Waals surface area contributed by atoms with Gasteiger partial charge in [-0.3, -0.25) is 0 Å². The molecular weight excluding hydrogens is 295 g/mol. The van der Waals surface area contributed by atoms with Gasteiger partial charge in [0.2, 0.25) is 0 Å². The SMILES string of the molecule is CS(=O)(=O)CCCOc1ccc(CN)cc1C(F)(F)F. The van der Waals surface area contributed by atoms with Crippen molar-refractivity contribution in [2.24, 2.45) is 5.73 Å². The highest BCUT2D eigenvalue weighted by Gasteiger charge is 2.34. The zero-order valence-corrected chi connectivity index (χ0v) is 11.7. The van der Waals surface area contributed by atoms with E-state index < -0.39 is 21.6 Å². The van der Waals surface area contributed by atoms with Crippen LogP contribution in [0.4, 0.5) is 13.2 Å². The predicted molar refractivity (Wildman–Crippen MR) is 69.2 cm³/mol. The summed E-state index contributed by atoms with van der Waals surface area (Å²) in [6.07, 6.45) is -3.35. The molecule has 4 nitrogen and oxygen atoms in total. The first kappa shape index (κ1) is 16.8. The Labute approximate surface area is 115 Å². The van der Waals surface area contributed by atoms with Crippen molar-refractivity contribution in [3.05, 3.63) is 29.3 Å². The van der Waals surface area contributed by atoms with Crippen molar-refractivity contribution in [1.82, 2.24) is 0 Å². The smallest absolute Gasteiger partial charge is 0.419 e. The molecular formula is C12H16F3NO3S. The highest BCUT2D eigenvalue weighted by atomic mass is 32.2. The van der Waals surface area contributed by atoms with E-state index in [-0.39, 0.29) is 31.1 Å². The molecule has 114 valence electrons. The molecule has 1 aromatic carbocycles. The molecule has 0 unspecified atom stereocenters. The van der Waals surface area contributed by atoms with E-state index in [2.05, 4.69) is 0 Å². The van der Waals surface area contributed by atoms with E-state index in [0.717, 1.165) is 12.3 Å². The zero-order chi connectivity index (χ0) is 15.4. The Balaban J connectivity index is 2.79. The molecule has 0 fully saturated rings. The quantitative estimate of drug-likeness (QED) is 0.816. The Morgan fingerprint density at radius 1 is 1.30 bits per heavy atom. The Kier molecular flexibility index (Phi) is 5.41. The average molecular weight is 311 g/mol. The first-order valence-electron chi connectivity index (χ1n) is 5.84. The third-order valence-corrected chi connectivity index (χ3v) is 3.53. The molecule has 0 radical (unpaired) electrons. The summed E-state index contributed by atoms with van der Waals surface area (Å²) in [6, 6.07) is 3.58. The molecule has 0 aliphatic carbocycles. The number of sulfone groups is 1. The van der Waals surface area contributed by atoms with E-state index in [9.17, 15) is 21.6 Å². The number of nitrogens with two attached hydrogens (primary N) is 1. The van der Waals surface area contributed by atoms with Crippen molar-refractivity contribution in [3.63, 3.8) is 0 Å². The van der Waals surface area contributed by atoms with Gasteiger partial charge in [-0.2, -0.15) is 13.2 Å². The minimum absolute atomic E-state index is 0.00254. The molecule has 0 aromatic heterocycles. The fourth-order valence-electron chi connectivity index (χ4n) is 1.55. The lowest BCUT2D eigenvalue weighted by Gasteiger charge is -2.15. The second-order valence-corrected chi connectivity index (χ2v) is 6.62. The van der Waals surface area contributed by atoms with Gasteiger partial charge in [0.25, 0.3) is 0 Å². The Bertz CT molecular complexity index is 556. The molecule has 0 saturated heterocycles. The van der Waals surface area contributed by atoms with Gasteiger partial charge in [-0.05, 0) is 24.1 Å². The Morgan fingerprint density at radius 3 is 2.45 bits per heavy atom. The van der Waals surface area contributed by atoms with Gasteiger partial charge in [0.15, 0.2) is 0 Å². The first-order chi connectivity index (χ1) is 9.13. The van der Waals surface area contributed by atoms with E-state index >= 15 is 0 Å². The van der Waals surface area contributed by atoms with Crippen molar-refractivity contribution in [3.8, 4) is 5.75 Å². The van der Waals surface area contributed by atoms with Gasteiger partial charge in [-0.25, -0.2) is 8.42 Å². The van der Waals surface area contributed by atoms with E-state index in [0.29, 0.717) is 5.56 Å². The molecule has 0 atom stereocenters. The number of alkyl halides is 3. The van der Waals surface area contributed by atoms with Crippen molar-refractivity contribution in [1.29, 1.82) is 0 Å². The van der Waals surface area contributed by atoms with Gasteiger partial charge in [0.1, 0.15) is 15.6 Å². The van der Waals surface area contributed by atoms with Crippen molar-refractivity contribution < 1.29 is 26.3 Å². The zero-order valence-electron chi connectivity index (χ0n) is 10.9. The van der Waals surface area contributed by atoms with E-state index in [1.165, 1.54) is 12.1 Å². The van der Waals surface area contributed by atoms with Crippen LogP contribution in [0.25, 0.3) is 0 Å². The van der Waals surface area contributed by atoms with Crippen LogP contribution in [0.1, 0.15) is 17.5 Å². The third kappa shape index (κ3) is 5.38. The fraction of sp³-hybridized carbons (Fsp3) is 0.500. The summed E-state index contributed by atoms with van der Waals surface area (Å²) in [7, 11) is -3.15. The fourth-order valence-corrected chi connectivity index (χ4v) is 2.20. The number of benzene rings is 1. The number of hydrogen-bond acceptors (Lipinski definition) is 4. The molecule has 0 aliphatic heterocycles. The summed E-state index contributed by atoms with van der Waals surface area (Å²) in [4.78, 5) is 0. The summed E-state index contributed by atoms with van der Waals surface area (Å²) < 4.78 is 65.4. The lowest BCUT2D eigenvalue weighted by molar-refractivity contribution is -0.139. The van der Waals surface area contributed by atoms with Gasteiger partial charge in [0.05, 0.1) is 17.9 Å². The normalized spacial score (nSPS) is 12.4. The molecule has 0 bridgehead atoms. The van der Waals surface area contributed by atoms with Gasteiger partial charge in [0, 0.05) is 12.8 Å². The van der Waals surface area contributed by atoms with Crippen LogP contribution in [0.3, 0.4) is 0 Å². The molecule has 1 aromatic rings. The van der Waals surface area contributed by atoms with Crippen molar-refractivity contribution in [2.45, 2.75) is 19.1 Å². The minimum atomic E-state index is -4.54. The molecule has 0 saturated carbocycles. The summed E-state index contributed by atoms with van der Waals surface area (Å²) >= 11 is 0. The van der Waals surface area contributed by atoms with Crippen LogP contribution in [0, 0.1) is 0 Å². The highest BCUT2D eigenvalue weighted by molar-refractivity contribution is 7.90. The number of ether oxygens (including phenoxy) is 1. The molecule has 0 amide bonds. The lowest BCUT2D eigenvalue weighted by atomic mass is 10.1. The van der Waals surface area contributed by atoms with E-state index in [1.807, 2.05) is 0 Å². The number of halogens is 3. The third-order valence-electron chi connectivity index (χ3n) is 2.50. The Hall–Kier alpha value is -1.28. The van der Waals surface area contributed by atoms with Gasteiger partial charge < -0.3 is 10.5 Å². The second kappa shape index (κ2) is 6.45. The second-order valence-electron chi connectivity index (χ2n) is 4.36. The topological polar surface area (TPSA) is 69.4 Å². The summed E-state index contributed by atoms with van der Waals surface area (Å²) in [5.41, 5.74) is 4.75. The van der Waals surface area contributed by atoms with Crippen LogP contribution in [-0.2, 0) is 22.6 Å². The maximum atomic E-state index is 12.8. The van der Waals surface area contributed by atoms with Crippen molar-refractivity contribution in [2.75, 3.05) is 18.6 Å². The van der Waals surface area contributed by atoms with Gasteiger partial charge >= 0.3 is 6.18 Å². The van der Waals surface area contributed by atoms with Crippen LogP contribution >= 0.6 is 0 Å². The molecule has 0 heterocycles. The molecule has 1 rings (SSSR count). The van der Waals surface area contributed by atoms with Crippen molar-refractivity contribution >= 4 is 9.84 Å². The van der Waals surface area contributed by atoms with Crippen LogP contribution < -0.4 is 10.5 Å². The summed E-state index contributed by atoms with van der Waals surface area (Å²) in [6.45, 7) is -0.102. The maximum Gasteiger partial charge on any atom is 0.419 e. The summed E-state index contributed by atoms with van der Waals surface area (Å²) in [5, 5.41) is 0. The standard InChI is InChI=1S/C12H16F3NO3S/c1-20(17,18)6-2-5-19-11-4-3-9(8-16)7-10(11)12(13,14)15/h3-4,7H,2,5-6,8,16H2,1H3. The largest absolute Gasteiger partial charge is 0.493 e. The van der Waals surface area contributed by atoms with Crippen LogP contribution in [0.2, 0.25) is 0 Å². The molecule has 8 heteroatoms. The molecule has 20 heavy (non-hydrogen) atoms. The van der Waals surface area contributed by atoms with Gasteiger partial charge in [-0.1, -0.05) is 6.07 Å². The predicted octanol–water partition coefficient (Wildman–Crippen LogP) is 1.98.